The van der Waals surface area contributed by atoms with Crippen LogP contribution in [0.2, 0.25) is 0 Å². The number of rotatable bonds is 1. The molecule has 0 aliphatic heterocycles. The summed E-state index contributed by atoms with van der Waals surface area (Å²) in [7, 11) is 0. The number of alkyl halides is 1. The largest absolute Gasteiger partial charge is 0.395 e. The molecule has 0 unspecified atom stereocenters. The summed E-state index contributed by atoms with van der Waals surface area (Å²) in [6.07, 6.45) is 8.64. The minimum Gasteiger partial charge on any atom is -0.395 e. The summed E-state index contributed by atoms with van der Waals surface area (Å²) in [6, 6.07) is 0. The summed E-state index contributed by atoms with van der Waals surface area (Å²) in [5.74, 6) is 1.27. The third-order valence-electron chi connectivity index (χ3n) is 7.97. The van der Waals surface area contributed by atoms with Gasteiger partial charge in [0.25, 0.3) is 0 Å². The first kappa shape index (κ1) is 15.1. The van der Waals surface area contributed by atoms with Crippen molar-refractivity contribution in [2.75, 3.05) is 6.61 Å². The van der Waals surface area contributed by atoms with Gasteiger partial charge >= 0.3 is 0 Å². The van der Waals surface area contributed by atoms with Crippen molar-refractivity contribution in [2.24, 2.45) is 28.6 Å². The molecule has 0 heterocycles. The van der Waals surface area contributed by atoms with Gasteiger partial charge in [0, 0.05) is 5.41 Å². The normalized spacial score (nSPS) is 54.2. The van der Waals surface area contributed by atoms with Gasteiger partial charge in [-0.1, -0.05) is 18.6 Å². The Kier molecular flexibility index (Phi) is 3.47. The summed E-state index contributed by atoms with van der Waals surface area (Å²) >= 11 is 0. The van der Waals surface area contributed by atoms with Gasteiger partial charge in [-0.25, -0.2) is 4.39 Å². The molecule has 3 heteroatoms. The minimum absolute atomic E-state index is 0.0259. The Balaban J connectivity index is 1.70. The number of hydrogen-bond acceptors (Lipinski definition) is 2. The number of aliphatic hydroxyl groups excluding tert-OH is 2. The van der Waals surface area contributed by atoms with Crippen molar-refractivity contribution in [3.8, 4) is 0 Å². The Hall–Kier alpha value is -0.410. The van der Waals surface area contributed by atoms with E-state index < -0.39 is 12.3 Å². The van der Waals surface area contributed by atoms with Crippen LogP contribution < -0.4 is 0 Å². The second-order valence-electron chi connectivity index (χ2n) is 8.59. The molecule has 7 atom stereocenters. The van der Waals surface area contributed by atoms with Crippen LogP contribution in [0, 0.1) is 28.6 Å². The Morgan fingerprint density at radius 3 is 2.86 bits per heavy atom. The first-order valence-corrected chi connectivity index (χ1v) is 9.15. The van der Waals surface area contributed by atoms with Crippen LogP contribution in [0.3, 0.4) is 0 Å². The van der Waals surface area contributed by atoms with Crippen LogP contribution in [0.5, 0.6) is 0 Å². The van der Waals surface area contributed by atoms with Crippen LogP contribution >= 0.6 is 0 Å². The minimum atomic E-state index is -1.05. The van der Waals surface area contributed by atoms with E-state index in [9.17, 15) is 14.6 Å². The second-order valence-corrected chi connectivity index (χ2v) is 8.59. The van der Waals surface area contributed by atoms with Crippen LogP contribution in [0.1, 0.15) is 58.3 Å². The molecule has 4 aliphatic rings. The molecule has 0 amide bonds. The van der Waals surface area contributed by atoms with Crippen molar-refractivity contribution in [3.05, 3.63) is 11.6 Å². The number of halogens is 1. The summed E-state index contributed by atoms with van der Waals surface area (Å²) in [6.45, 7) is 2.36. The molecule has 0 aromatic rings. The zero-order valence-corrected chi connectivity index (χ0v) is 13.6. The van der Waals surface area contributed by atoms with Gasteiger partial charge in [-0.05, 0) is 74.5 Å². The fraction of sp³-hybridized carbons (Fsp3) is 0.895. The third kappa shape index (κ3) is 1.78. The summed E-state index contributed by atoms with van der Waals surface area (Å²) in [5.41, 5.74) is 1.22. The van der Waals surface area contributed by atoms with Crippen LogP contribution in [-0.2, 0) is 0 Å². The van der Waals surface area contributed by atoms with E-state index in [0.717, 1.165) is 38.5 Å². The molecule has 22 heavy (non-hydrogen) atoms. The molecule has 2 N–H and O–H groups in total. The molecule has 124 valence electrons. The monoisotopic (exact) mass is 308 g/mol. The van der Waals surface area contributed by atoms with Gasteiger partial charge in [-0.15, -0.1) is 0 Å². The van der Waals surface area contributed by atoms with Gasteiger partial charge in [-0.2, -0.15) is 0 Å². The van der Waals surface area contributed by atoms with Gasteiger partial charge in [0.2, 0.25) is 0 Å². The van der Waals surface area contributed by atoms with Crippen LogP contribution in [0.4, 0.5) is 4.39 Å². The van der Waals surface area contributed by atoms with Gasteiger partial charge in [0.15, 0.2) is 0 Å². The van der Waals surface area contributed by atoms with E-state index in [1.165, 1.54) is 12.0 Å². The molecule has 4 aliphatic carbocycles. The highest BCUT2D eigenvalue weighted by Crippen LogP contribution is 2.65. The Bertz CT molecular complexity index is 490. The fourth-order valence-corrected chi connectivity index (χ4v) is 6.77. The molecule has 0 bridgehead atoms. The number of aliphatic hydroxyl groups is 2. The van der Waals surface area contributed by atoms with Crippen molar-refractivity contribution >= 4 is 0 Å². The first-order valence-electron chi connectivity index (χ1n) is 9.15. The highest BCUT2D eigenvalue weighted by molar-refractivity contribution is 5.25. The lowest BCUT2D eigenvalue weighted by Gasteiger charge is -2.58. The van der Waals surface area contributed by atoms with Crippen molar-refractivity contribution in [1.29, 1.82) is 0 Å². The zero-order chi connectivity index (χ0) is 15.5. The molecule has 4 rings (SSSR count). The van der Waals surface area contributed by atoms with Crippen molar-refractivity contribution in [2.45, 2.75) is 70.6 Å². The maximum atomic E-state index is 14.2. The van der Waals surface area contributed by atoms with Crippen LogP contribution in [-0.4, -0.2) is 29.1 Å². The van der Waals surface area contributed by atoms with Crippen LogP contribution in [0.25, 0.3) is 0 Å². The predicted molar refractivity (Wildman–Crippen MR) is 84.0 cm³/mol. The average molecular weight is 308 g/mol. The van der Waals surface area contributed by atoms with E-state index in [0.29, 0.717) is 24.2 Å². The van der Waals surface area contributed by atoms with Gasteiger partial charge in [0.05, 0.1) is 12.7 Å². The average Bonchev–Trinajstić information content (AvgIpc) is 2.78. The lowest BCUT2D eigenvalue weighted by molar-refractivity contribution is -0.0935. The molecule has 2 nitrogen and oxygen atoms in total. The third-order valence-corrected chi connectivity index (χ3v) is 7.97. The number of fused-ring (bicyclic) bond motifs is 5. The molecular weight excluding hydrogens is 279 g/mol. The molecule has 0 saturated heterocycles. The Morgan fingerprint density at radius 2 is 2.09 bits per heavy atom. The van der Waals surface area contributed by atoms with Gasteiger partial charge < -0.3 is 10.2 Å². The summed E-state index contributed by atoms with van der Waals surface area (Å²) in [5, 5.41) is 20.6. The van der Waals surface area contributed by atoms with E-state index in [1.807, 2.05) is 0 Å². The Morgan fingerprint density at radius 1 is 1.27 bits per heavy atom. The molecular formula is C19H29FO2. The van der Waals surface area contributed by atoms with Crippen LogP contribution in [0.15, 0.2) is 11.6 Å². The Labute approximate surface area is 132 Å². The quantitative estimate of drug-likeness (QED) is 0.726. The summed E-state index contributed by atoms with van der Waals surface area (Å²) < 4.78 is 14.2. The number of allylic oxidation sites excluding steroid dienone is 1. The maximum Gasteiger partial charge on any atom is 0.127 e. The lowest BCUT2D eigenvalue weighted by atomic mass is 9.47. The van der Waals surface area contributed by atoms with E-state index in [-0.39, 0.29) is 17.4 Å². The fourth-order valence-electron chi connectivity index (χ4n) is 6.77. The highest BCUT2D eigenvalue weighted by atomic mass is 19.1. The van der Waals surface area contributed by atoms with E-state index >= 15 is 0 Å². The van der Waals surface area contributed by atoms with Crippen molar-refractivity contribution in [3.63, 3.8) is 0 Å². The lowest BCUT2D eigenvalue weighted by Crippen LogP contribution is -2.53. The van der Waals surface area contributed by atoms with E-state index in [2.05, 4.69) is 13.0 Å². The predicted octanol–water partition coefficient (Wildman–Crippen LogP) is 3.62. The second kappa shape index (κ2) is 5.04. The topological polar surface area (TPSA) is 40.5 Å². The van der Waals surface area contributed by atoms with Crippen molar-refractivity contribution < 1.29 is 14.6 Å². The molecule has 0 aromatic heterocycles. The molecule has 0 aromatic carbocycles. The molecule has 0 radical (unpaired) electrons. The molecule has 3 saturated carbocycles. The van der Waals surface area contributed by atoms with E-state index in [4.69, 9.17) is 0 Å². The van der Waals surface area contributed by atoms with Gasteiger partial charge in [-0.3, -0.25) is 0 Å². The smallest absolute Gasteiger partial charge is 0.127 e. The van der Waals surface area contributed by atoms with Crippen molar-refractivity contribution in [1.82, 2.24) is 0 Å². The summed E-state index contributed by atoms with van der Waals surface area (Å²) in [4.78, 5) is 0. The zero-order valence-electron chi connectivity index (χ0n) is 13.6. The van der Waals surface area contributed by atoms with E-state index in [1.54, 1.807) is 0 Å². The standard InChI is InChI=1S/C19H29FO2/c1-18-9-7-14-13(15(18)10-16(20)17(18)22)6-5-12-4-2-3-8-19(12,14)11-21/h4,13-17,21-22H,2-3,5-11H2,1H3/t13-,14+,15+,16-,17+,18+,19-/m1/s1. The molecule has 0 spiro atoms. The molecule has 3 fully saturated rings. The first-order chi connectivity index (χ1) is 10.5. The number of hydrogen-bond donors (Lipinski definition) is 2. The SMILES string of the molecule is C[C@]12CC[C@H]3[C@@H](CCC4=CCCC[C@@]43CO)[C@@H]1C[C@@H](F)[C@@H]2O. The van der Waals surface area contributed by atoms with Gasteiger partial charge in [0.1, 0.15) is 6.17 Å². The maximum absolute atomic E-state index is 14.2. The highest BCUT2D eigenvalue weighted by Gasteiger charge is 2.62.